The molecule has 0 aliphatic rings. The second-order valence-corrected chi connectivity index (χ2v) is 6.53. The van der Waals surface area contributed by atoms with E-state index in [9.17, 15) is 14.9 Å². The van der Waals surface area contributed by atoms with Crippen LogP contribution in [0.2, 0.25) is 0 Å². The standard InChI is InChI=1S/C18H12N6O3S.2ClH/c25-17(23-18-20-9-10-28-18)15-14(11-5-7-19-8-6-11)21-16(22-15)12-1-3-13(4-2-12)24(26)27;;/h1-10H,(H,21,22)(H,20,23,25);2*1H. The number of imidazole rings is 1. The lowest BCUT2D eigenvalue weighted by Gasteiger charge is -2.02. The highest BCUT2D eigenvalue weighted by atomic mass is 35.5. The number of aromatic nitrogens is 4. The van der Waals surface area contributed by atoms with E-state index < -0.39 is 10.8 Å². The van der Waals surface area contributed by atoms with Gasteiger partial charge >= 0.3 is 0 Å². The highest BCUT2D eigenvalue weighted by Crippen LogP contribution is 2.27. The van der Waals surface area contributed by atoms with E-state index in [-0.39, 0.29) is 36.2 Å². The summed E-state index contributed by atoms with van der Waals surface area (Å²) in [6.45, 7) is 0. The molecule has 0 aliphatic carbocycles. The van der Waals surface area contributed by atoms with Crippen molar-refractivity contribution < 1.29 is 9.72 Å². The van der Waals surface area contributed by atoms with Gasteiger partial charge in [-0.05, 0) is 24.3 Å². The van der Waals surface area contributed by atoms with Crippen LogP contribution in [-0.2, 0) is 0 Å². The monoisotopic (exact) mass is 464 g/mol. The Morgan fingerprint density at radius 1 is 1.03 bits per heavy atom. The molecule has 12 heteroatoms. The number of nitrogens with one attached hydrogen (secondary N) is 2. The Bertz CT molecular complexity index is 1130. The van der Waals surface area contributed by atoms with Gasteiger partial charge in [0.1, 0.15) is 5.82 Å². The summed E-state index contributed by atoms with van der Waals surface area (Å²) >= 11 is 1.30. The number of non-ortho nitro benzene ring substituents is 1. The van der Waals surface area contributed by atoms with Crippen LogP contribution in [0.1, 0.15) is 10.5 Å². The summed E-state index contributed by atoms with van der Waals surface area (Å²) in [5.74, 6) is 0.0113. The van der Waals surface area contributed by atoms with Gasteiger partial charge in [0.05, 0.1) is 10.6 Å². The van der Waals surface area contributed by atoms with Crippen LogP contribution in [-0.4, -0.2) is 30.8 Å². The molecular weight excluding hydrogens is 451 g/mol. The number of rotatable bonds is 5. The van der Waals surface area contributed by atoms with E-state index in [1.807, 2.05) is 0 Å². The SMILES string of the molecule is Cl.Cl.O=C(Nc1nccs1)c1nc(-c2ccc([N+](=O)[O-])cc2)[nH]c1-c1ccncc1. The molecule has 4 rings (SSSR count). The number of amides is 1. The first kappa shape index (κ1) is 22.9. The van der Waals surface area contributed by atoms with Gasteiger partial charge in [0.15, 0.2) is 10.8 Å². The fraction of sp³-hybridized carbons (Fsp3) is 0. The van der Waals surface area contributed by atoms with Gasteiger partial charge < -0.3 is 4.98 Å². The predicted octanol–water partition coefficient (Wildman–Crippen LogP) is 4.60. The summed E-state index contributed by atoms with van der Waals surface area (Å²) in [5.41, 5.74) is 2.04. The Hall–Kier alpha value is -3.34. The minimum Gasteiger partial charge on any atom is -0.337 e. The first-order valence-electron chi connectivity index (χ1n) is 8.08. The zero-order valence-corrected chi connectivity index (χ0v) is 17.5. The minimum atomic E-state index is -0.471. The number of hydrogen-bond acceptors (Lipinski definition) is 7. The molecule has 4 aromatic rings. The highest BCUT2D eigenvalue weighted by Gasteiger charge is 2.21. The molecule has 0 saturated heterocycles. The fourth-order valence-corrected chi connectivity index (χ4v) is 3.11. The van der Waals surface area contributed by atoms with E-state index in [2.05, 4.69) is 25.3 Å². The summed E-state index contributed by atoms with van der Waals surface area (Å²) in [4.78, 5) is 38.8. The maximum Gasteiger partial charge on any atom is 0.278 e. The van der Waals surface area contributed by atoms with Crippen molar-refractivity contribution >= 4 is 52.9 Å². The molecule has 0 aliphatic heterocycles. The van der Waals surface area contributed by atoms with Crippen molar-refractivity contribution in [3.8, 4) is 22.6 Å². The number of halogens is 2. The number of anilines is 1. The average Bonchev–Trinajstić information content (AvgIpc) is 3.38. The van der Waals surface area contributed by atoms with Crippen molar-refractivity contribution in [2.75, 3.05) is 5.32 Å². The smallest absolute Gasteiger partial charge is 0.278 e. The first-order chi connectivity index (χ1) is 13.6. The van der Waals surface area contributed by atoms with Gasteiger partial charge in [-0.1, -0.05) is 0 Å². The normalized spacial score (nSPS) is 9.87. The van der Waals surface area contributed by atoms with Crippen LogP contribution in [0.5, 0.6) is 0 Å². The fourth-order valence-electron chi connectivity index (χ4n) is 2.58. The Morgan fingerprint density at radius 3 is 2.33 bits per heavy atom. The molecule has 0 spiro atoms. The number of carbonyl (C=O) groups is 1. The number of aromatic amines is 1. The zero-order valence-electron chi connectivity index (χ0n) is 15.0. The quantitative estimate of drug-likeness (QED) is 0.328. The average molecular weight is 465 g/mol. The van der Waals surface area contributed by atoms with Crippen molar-refractivity contribution in [3.05, 3.63) is 76.2 Å². The number of nitrogens with zero attached hydrogens (tertiary/aromatic N) is 4. The van der Waals surface area contributed by atoms with E-state index >= 15 is 0 Å². The second kappa shape index (κ2) is 9.92. The van der Waals surface area contributed by atoms with E-state index in [0.29, 0.717) is 22.2 Å². The largest absolute Gasteiger partial charge is 0.337 e. The minimum absolute atomic E-state index is 0. The molecular formula is C18H14Cl2N6O3S. The summed E-state index contributed by atoms with van der Waals surface area (Å²) in [6.07, 6.45) is 4.82. The summed E-state index contributed by atoms with van der Waals surface area (Å²) in [6, 6.07) is 9.45. The lowest BCUT2D eigenvalue weighted by molar-refractivity contribution is -0.384. The molecule has 3 aromatic heterocycles. The Kier molecular flexibility index (Phi) is 7.59. The maximum absolute atomic E-state index is 12.8. The van der Waals surface area contributed by atoms with Gasteiger partial charge in [-0.2, -0.15) is 0 Å². The maximum atomic E-state index is 12.8. The summed E-state index contributed by atoms with van der Waals surface area (Å²) in [7, 11) is 0. The lowest BCUT2D eigenvalue weighted by Crippen LogP contribution is -2.13. The van der Waals surface area contributed by atoms with Crippen molar-refractivity contribution in [1.82, 2.24) is 19.9 Å². The van der Waals surface area contributed by atoms with Crippen LogP contribution in [0.4, 0.5) is 10.8 Å². The Balaban J connectivity index is 0.00000160. The molecule has 30 heavy (non-hydrogen) atoms. The molecule has 0 bridgehead atoms. The van der Waals surface area contributed by atoms with E-state index in [1.54, 1.807) is 48.2 Å². The van der Waals surface area contributed by atoms with Crippen LogP contribution in [0.15, 0.2) is 60.4 Å². The molecule has 2 N–H and O–H groups in total. The molecule has 0 atom stereocenters. The van der Waals surface area contributed by atoms with Crippen LogP contribution in [0.25, 0.3) is 22.6 Å². The molecule has 1 amide bonds. The highest BCUT2D eigenvalue weighted by molar-refractivity contribution is 7.13. The van der Waals surface area contributed by atoms with Gasteiger partial charge in [-0.3, -0.25) is 25.2 Å². The third kappa shape index (κ3) is 4.79. The number of benzene rings is 1. The van der Waals surface area contributed by atoms with E-state index in [1.165, 1.54) is 23.5 Å². The van der Waals surface area contributed by atoms with Gasteiger partial charge in [0.25, 0.3) is 11.6 Å². The van der Waals surface area contributed by atoms with Crippen molar-refractivity contribution in [2.24, 2.45) is 0 Å². The second-order valence-electron chi connectivity index (χ2n) is 5.64. The number of hydrogen-bond donors (Lipinski definition) is 2. The summed E-state index contributed by atoms with van der Waals surface area (Å²) < 4.78 is 0. The van der Waals surface area contributed by atoms with Crippen molar-refractivity contribution in [1.29, 1.82) is 0 Å². The van der Waals surface area contributed by atoms with Crippen LogP contribution >= 0.6 is 36.2 Å². The van der Waals surface area contributed by atoms with Gasteiger partial charge in [0.2, 0.25) is 0 Å². The Morgan fingerprint density at radius 2 is 1.73 bits per heavy atom. The van der Waals surface area contributed by atoms with Crippen molar-refractivity contribution in [2.45, 2.75) is 0 Å². The molecule has 9 nitrogen and oxygen atoms in total. The topological polar surface area (TPSA) is 127 Å². The van der Waals surface area contributed by atoms with Crippen molar-refractivity contribution in [3.63, 3.8) is 0 Å². The molecule has 154 valence electrons. The molecule has 0 unspecified atom stereocenters. The Labute approximate surface area is 186 Å². The number of carbonyl (C=O) groups excluding carboxylic acids is 1. The van der Waals surface area contributed by atoms with Crippen LogP contribution < -0.4 is 5.32 Å². The third-order valence-electron chi connectivity index (χ3n) is 3.89. The van der Waals surface area contributed by atoms with E-state index in [0.717, 1.165) is 5.56 Å². The number of thiazole rings is 1. The first-order valence-corrected chi connectivity index (χ1v) is 8.96. The number of pyridine rings is 1. The molecule has 0 saturated carbocycles. The summed E-state index contributed by atoms with van der Waals surface area (Å²) in [5, 5.41) is 15.8. The van der Waals surface area contributed by atoms with Gasteiger partial charge in [-0.15, -0.1) is 36.2 Å². The van der Waals surface area contributed by atoms with E-state index in [4.69, 9.17) is 0 Å². The van der Waals surface area contributed by atoms with Crippen LogP contribution in [0, 0.1) is 10.1 Å². The number of nitro groups is 1. The third-order valence-corrected chi connectivity index (χ3v) is 4.58. The number of H-pyrrole nitrogens is 1. The van der Waals surface area contributed by atoms with Gasteiger partial charge in [0, 0.05) is 47.2 Å². The zero-order chi connectivity index (χ0) is 19.5. The lowest BCUT2D eigenvalue weighted by atomic mass is 10.1. The molecule has 0 radical (unpaired) electrons. The predicted molar refractivity (Wildman–Crippen MR) is 118 cm³/mol. The molecule has 0 fully saturated rings. The van der Waals surface area contributed by atoms with Crippen LogP contribution in [0.3, 0.4) is 0 Å². The van der Waals surface area contributed by atoms with Gasteiger partial charge in [-0.25, -0.2) is 9.97 Å². The number of nitro benzene ring substituents is 1. The molecule has 3 heterocycles. The molecule has 1 aromatic carbocycles.